The Balaban J connectivity index is 1.96. The van der Waals surface area contributed by atoms with Gasteiger partial charge < -0.3 is 19.6 Å². The van der Waals surface area contributed by atoms with Gasteiger partial charge in [-0.15, -0.1) is 0 Å². The lowest BCUT2D eigenvalue weighted by Crippen LogP contribution is -2.27. The molecule has 1 aromatic carbocycles. The zero-order valence-corrected chi connectivity index (χ0v) is 11.9. The Morgan fingerprint density at radius 3 is 2.45 bits per heavy atom. The predicted molar refractivity (Wildman–Crippen MR) is 75.5 cm³/mol. The van der Waals surface area contributed by atoms with Gasteiger partial charge in [-0.3, -0.25) is 4.79 Å². The molecule has 0 saturated heterocycles. The molecule has 0 atom stereocenters. The van der Waals surface area contributed by atoms with Crippen LogP contribution in [0.4, 0.5) is 4.39 Å². The second kappa shape index (κ2) is 11.3. The molecule has 1 rings (SSSR count). The molecule has 0 aliphatic heterocycles. The fourth-order valence-corrected chi connectivity index (χ4v) is 1.42. The first-order valence-corrected chi connectivity index (χ1v) is 6.59. The van der Waals surface area contributed by atoms with E-state index in [0.717, 1.165) is 0 Å². The standard InChI is InChI=1S/C13H17FN4O4/c14-12-3-1-11(2-4-12)13(19)16-5-6-20-7-8-21-9-10-22-18-17-15/h1-4H,5-10H2,(H,16,19). The third-order valence-corrected chi connectivity index (χ3v) is 2.42. The Morgan fingerprint density at radius 1 is 1.14 bits per heavy atom. The van der Waals surface area contributed by atoms with Crippen LogP contribution in [-0.2, 0) is 14.3 Å². The maximum atomic E-state index is 12.7. The molecule has 0 radical (unpaired) electrons. The van der Waals surface area contributed by atoms with Crippen molar-refractivity contribution < 1.29 is 23.5 Å². The molecule has 8 nitrogen and oxygen atoms in total. The number of hydrogen-bond acceptors (Lipinski definition) is 5. The summed E-state index contributed by atoms with van der Waals surface area (Å²) in [6.45, 7) is 1.89. The van der Waals surface area contributed by atoms with Crippen LogP contribution in [0.2, 0.25) is 0 Å². The van der Waals surface area contributed by atoms with Gasteiger partial charge in [-0.05, 0) is 29.8 Å². The van der Waals surface area contributed by atoms with Crippen LogP contribution in [0.3, 0.4) is 0 Å². The number of benzene rings is 1. The van der Waals surface area contributed by atoms with Crippen LogP contribution < -0.4 is 5.32 Å². The molecule has 1 amide bonds. The molecule has 0 bridgehead atoms. The Morgan fingerprint density at radius 2 is 1.77 bits per heavy atom. The largest absolute Gasteiger partial charge is 0.431 e. The number of carbonyl (C=O) groups is 1. The van der Waals surface area contributed by atoms with Crippen LogP contribution in [-0.4, -0.2) is 45.5 Å². The normalized spacial score (nSPS) is 9.86. The van der Waals surface area contributed by atoms with Crippen LogP contribution in [0.1, 0.15) is 10.4 Å². The molecule has 0 aliphatic rings. The van der Waals surface area contributed by atoms with E-state index in [1.807, 2.05) is 0 Å². The van der Waals surface area contributed by atoms with Gasteiger partial charge in [-0.25, -0.2) is 4.39 Å². The molecule has 120 valence electrons. The molecule has 0 fully saturated rings. The van der Waals surface area contributed by atoms with E-state index in [-0.39, 0.29) is 18.3 Å². The van der Waals surface area contributed by atoms with Crippen LogP contribution in [0.5, 0.6) is 0 Å². The summed E-state index contributed by atoms with van der Waals surface area (Å²) in [6.07, 6.45) is 0. The monoisotopic (exact) mass is 312 g/mol. The molecule has 22 heavy (non-hydrogen) atoms. The highest BCUT2D eigenvalue weighted by molar-refractivity contribution is 5.94. The van der Waals surface area contributed by atoms with Crippen molar-refractivity contribution in [2.45, 2.75) is 0 Å². The Labute approximate surface area is 126 Å². The van der Waals surface area contributed by atoms with E-state index in [1.165, 1.54) is 24.3 Å². The number of rotatable bonds is 11. The Bertz CT molecular complexity index is 491. The summed E-state index contributed by atoms with van der Waals surface area (Å²) in [6, 6.07) is 5.29. The van der Waals surface area contributed by atoms with Gasteiger partial charge in [-0.1, -0.05) is 0 Å². The van der Waals surface area contributed by atoms with Crippen molar-refractivity contribution in [3.05, 3.63) is 46.1 Å². The van der Waals surface area contributed by atoms with Gasteiger partial charge in [0.05, 0.1) is 26.4 Å². The first kappa shape index (κ1) is 17.7. The number of nitrogens with zero attached hydrogens (tertiary/aromatic N) is 3. The minimum absolute atomic E-state index is 0.178. The predicted octanol–water partition coefficient (Wildman–Crippen LogP) is 1.83. The van der Waals surface area contributed by atoms with Crippen molar-refractivity contribution in [3.63, 3.8) is 0 Å². The lowest BCUT2D eigenvalue weighted by atomic mass is 10.2. The molecule has 1 aromatic rings. The van der Waals surface area contributed by atoms with Gasteiger partial charge in [-0.2, -0.15) is 0 Å². The average Bonchev–Trinajstić information content (AvgIpc) is 2.53. The van der Waals surface area contributed by atoms with E-state index >= 15 is 0 Å². The van der Waals surface area contributed by atoms with Crippen molar-refractivity contribution in [3.8, 4) is 0 Å². The topological polar surface area (TPSA) is 106 Å². The lowest BCUT2D eigenvalue weighted by Gasteiger charge is -2.07. The molecular formula is C13H17FN4O4. The van der Waals surface area contributed by atoms with Crippen LogP contribution in [0.25, 0.3) is 10.4 Å². The summed E-state index contributed by atoms with van der Waals surface area (Å²) < 4.78 is 23.1. The maximum absolute atomic E-state index is 12.7. The van der Waals surface area contributed by atoms with Crippen LogP contribution in [0, 0.1) is 5.82 Å². The highest BCUT2D eigenvalue weighted by atomic mass is 19.1. The number of azide groups is 1. The van der Waals surface area contributed by atoms with Gasteiger partial charge in [0.1, 0.15) is 17.7 Å². The Kier molecular flexibility index (Phi) is 9.11. The molecular weight excluding hydrogens is 295 g/mol. The molecule has 0 unspecified atom stereocenters. The molecule has 0 saturated carbocycles. The Hall–Kier alpha value is -2.35. The molecule has 0 aromatic heterocycles. The molecule has 9 heteroatoms. The summed E-state index contributed by atoms with van der Waals surface area (Å²) in [5.41, 5.74) is 8.33. The van der Waals surface area contributed by atoms with E-state index in [0.29, 0.717) is 38.5 Å². The number of hydrogen-bond donors (Lipinski definition) is 1. The van der Waals surface area contributed by atoms with Crippen LogP contribution in [0.15, 0.2) is 29.5 Å². The van der Waals surface area contributed by atoms with Crippen molar-refractivity contribution in [1.29, 1.82) is 0 Å². The van der Waals surface area contributed by atoms with E-state index in [4.69, 9.17) is 15.0 Å². The van der Waals surface area contributed by atoms with Gasteiger partial charge >= 0.3 is 0 Å². The quantitative estimate of drug-likeness (QED) is 0.221. The summed E-state index contributed by atoms with van der Waals surface area (Å²) in [7, 11) is 0. The smallest absolute Gasteiger partial charge is 0.251 e. The van der Waals surface area contributed by atoms with Crippen molar-refractivity contribution in [2.75, 3.05) is 39.6 Å². The summed E-state index contributed by atoms with van der Waals surface area (Å²) in [5.74, 6) is -0.667. The number of halogens is 1. The first-order chi connectivity index (χ1) is 10.7. The fraction of sp³-hybridized carbons (Fsp3) is 0.462. The summed E-state index contributed by atoms with van der Waals surface area (Å²) in [5, 5.41) is 5.53. The van der Waals surface area contributed by atoms with Gasteiger partial charge in [0.15, 0.2) is 0 Å². The zero-order chi connectivity index (χ0) is 16.0. The highest BCUT2D eigenvalue weighted by Gasteiger charge is 2.04. The minimum atomic E-state index is -0.385. The summed E-state index contributed by atoms with van der Waals surface area (Å²) in [4.78, 5) is 18.5. The first-order valence-electron chi connectivity index (χ1n) is 6.59. The SMILES string of the molecule is [N-]=[N+]=NOCCOCCOCCNC(=O)c1ccc(F)cc1. The third kappa shape index (κ3) is 8.05. The van der Waals surface area contributed by atoms with Gasteiger partial charge in [0.25, 0.3) is 5.91 Å². The molecule has 0 aliphatic carbocycles. The van der Waals surface area contributed by atoms with Gasteiger partial charge in [0, 0.05) is 17.0 Å². The number of ether oxygens (including phenoxy) is 2. The second-order valence-electron chi connectivity index (χ2n) is 3.99. The van der Waals surface area contributed by atoms with E-state index in [9.17, 15) is 9.18 Å². The second-order valence-corrected chi connectivity index (χ2v) is 3.99. The van der Waals surface area contributed by atoms with Crippen molar-refractivity contribution >= 4 is 5.91 Å². The van der Waals surface area contributed by atoms with Gasteiger partial charge in [0.2, 0.25) is 0 Å². The molecule has 1 N–H and O–H groups in total. The minimum Gasteiger partial charge on any atom is -0.431 e. The van der Waals surface area contributed by atoms with Crippen molar-refractivity contribution in [1.82, 2.24) is 5.32 Å². The number of nitrogens with one attached hydrogen (secondary N) is 1. The maximum Gasteiger partial charge on any atom is 0.251 e. The van der Waals surface area contributed by atoms with E-state index in [2.05, 4.69) is 20.3 Å². The number of carbonyl (C=O) groups excluding carboxylic acids is 1. The van der Waals surface area contributed by atoms with Crippen LogP contribution >= 0.6 is 0 Å². The molecule has 0 spiro atoms. The van der Waals surface area contributed by atoms with E-state index < -0.39 is 0 Å². The third-order valence-electron chi connectivity index (χ3n) is 2.42. The summed E-state index contributed by atoms with van der Waals surface area (Å²) >= 11 is 0. The zero-order valence-electron chi connectivity index (χ0n) is 11.9. The van der Waals surface area contributed by atoms with Crippen molar-refractivity contribution in [2.24, 2.45) is 5.28 Å². The average molecular weight is 312 g/mol. The number of amides is 1. The van der Waals surface area contributed by atoms with E-state index in [1.54, 1.807) is 0 Å². The fourth-order valence-electron chi connectivity index (χ4n) is 1.42. The molecule has 0 heterocycles. The lowest BCUT2D eigenvalue weighted by molar-refractivity contribution is 0.0152. The highest BCUT2D eigenvalue weighted by Crippen LogP contribution is 2.01.